The van der Waals surface area contributed by atoms with Gasteiger partial charge in [0.05, 0.1) is 0 Å². The van der Waals surface area contributed by atoms with Gasteiger partial charge in [-0.15, -0.1) is 43.8 Å². The Labute approximate surface area is 165 Å². The van der Waals surface area contributed by atoms with Crippen LogP contribution in [0.2, 0.25) is 0 Å². The number of nitrogens with two attached hydrogens (primary N) is 3. The van der Waals surface area contributed by atoms with E-state index in [4.69, 9.17) is 17.2 Å². The van der Waals surface area contributed by atoms with Gasteiger partial charge in [-0.3, -0.25) is 0 Å². The summed E-state index contributed by atoms with van der Waals surface area (Å²) >= 11 is 0. The number of nitrogens with zero attached hydrogens (tertiary/aromatic N) is 3. The van der Waals surface area contributed by atoms with Crippen molar-refractivity contribution >= 4 is 0 Å². The Morgan fingerprint density at radius 2 is 1.20 bits per heavy atom. The first-order chi connectivity index (χ1) is 11.8. The molecule has 6 nitrogen and oxygen atoms in total. The molecule has 3 aliphatic heterocycles. The van der Waals surface area contributed by atoms with Crippen LogP contribution >= 0.6 is 0 Å². The Kier molecular flexibility index (Phi) is 17.4. The van der Waals surface area contributed by atoms with Crippen LogP contribution in [0.5, 0.6) is 0 Å². The summed E-state index contributed by atoms with van der Waals surface area (Å²) in [5.41, 5.74) is 16.2. The molecule has 0 aromatic carbocycles. The normalized spacial score (nSPS) is 28.5. The zero-order valence-electron chi connectivity index (χ0n) is 15.5. The van der Waals surface area contributed by atoms with Gasteiger partial charge in [-0.25, -0.2) is 0 Å². The number of piperidine rings is 2. The van der Waals surface area contributed by atoms with Crippen molar-refractivity contribution in [1.82, 2.24) is 0 Å². The third-order valence-electron chi connectivity index (χ3n) is 4.53. The van der Waals surface area contributed by atoms with Gasteiger partial charge < -0.3 is 33.2 Å². The fraction of sp³-hybridized carbons (Fsp3) is 0.889. The van der Waals surface area contributed by atoms with E-state index >= 15 is 0 Å². The zero-order chi connectivity index (χ0) is 17.5. The van der Waals surface area contributed by atoms with E-state index in [0.717, 1.165) is 39.1 Å². The van der Waals surface area contributed by atoms with Gasteiger partial charge in [0.1, 0.15) is 0 Å². The quantitative estimate of drug-likeness (QED) is 0.504. The summed E-state index contributed by atoms with van der Waals surface area (Å²) < 4.78 is 0. The number of rotatable bonds is 3. The fourth-order valence-electron chi connectivity index (χ4n) is 2.88. The molecular weight excluding hydrogens is 356 g/mol. The maximum atomic E-state index is 5.41. The Balaban J connectivity index is 0.000000339. The van der Waals surface area contributed by atoms with Gasteiger partial charge in [-0.05, 0) is 19.6 Å². The second-order valence-corrected chi connectivity index (χ2v) is 6.54. The van der Waals surface area contributed by atoms with E-state index in [1.807, 2.05) is 0 Å². The molecule has 0 saturated carbocycles. The van der Waals surface area contributed by atoms with Crippen molar-refractivity contribution in [2.24, 2.45) is 17.2 Å². The van der Waals surface area contributed by atoms with Crippen LogP contribution in [-0.2, 0) is 17.1 Å². The smallest absolute Gasteiger partial charge is 0.658 e. The first-order valence-corrected chi connectivity index (χ1v) is 9.55. The second-order valence-electron chi connectivity index (χ2n) is 6.54. The van der Waals surface area contributed by atoms with Crippen LogP contribution in [0.25, 0.3) is 16.0 Å². The minimum absolute atomic E-state index is 0. The standard InChI is InChI=1S/2C6H13N2.C6H11N2.Fe/c3*7-5-6-3-1-2-4-8-6;/h2*6H,1-5,7H2;1-2,6H,3-5,7H2;/q3*-1;+2. The van der Waals surface area contributed by atoms with E-state index in [9.17, 15) is 0 Å². The van der Waals surface area contributed by atoms with Gasteiger partial charge in [0.15, 0.2) is 0 Å². The Morgan fingerprint density at radius 1 is 0.680 bits per heavy atom. The molecule has 3 atom stereocenters. The van der Waals surface area contributed by atoms with Crippen LogP contribution in [0, 0.1) is 0 Å². The van der Waals surface area contributed by atoms with E-state index in [1.165, 1.54) is 38.5 Å². The van der Waals surface area contributed by atoms with Gasteiger partial charge in [0, 0.05) is 0 Å². The molecule has 25 heavy (non-hydrogen) atoms. The molecule has 0 aromatic rings. The molecule has 3 rings (SSSR count). The average Bonchev–Trinajstić information content (AvgIpc) is 2.71. The zero-order valence-corrected chi connectivity index (χ0v) is 16.6. The van der Waals surface area contributed by atoms with Gasteiger partial charge in [-0.1, -0.05) is 51.0 Å². The summed E-state index contributed by atoms with van der Waals surface area (Å²) in [7, 11) is 0. The topological polar surface area (TPSA) is 120 Å². The van der Waals surface area contributed by atoms with Crippen molar-refractivity contribution in [3.63, 3.8) is 0 Å². The fourth-order valence-corrected chi connectivity index (χ4v) is 2.88. The summed E-state index contributed by atoms with van der Waals surface area (Å²) in [6.45, 7) is 5.15. The van der Waals surface area contributed by atoms with E-state index in [0.29, 0.717) is 24.7 Å². The van der Waals surface area contributed by atoms with Gasteiger partial charge in [0.25, 0.3) is 0 Å². The third-order valence-corrected chi connectivity index (χ3v) is 4.53. The molecule has 2 saturated heterocycles. The maximum Gasteiger partial charge on any atom is 2.00 e. The molecule has 0 aliphatic carbocycles. The van der Waals surface area contributed by atoms with Crippen molar-refractivity contribution in [2.75, 3.05) is 39.3 Å². The second kappa shape index (κ2) is 17.4. The molecule has 6 N–H and O–H groups in total. The van der Waals surface area contributed by atoms with Crippen LogP contribution in [0.4, 0.5) is 0 Å². The van der Waals surface area contributed by atoms with Gasteiger partial charge >= 0.3 is 17.1 Å². The van der Waals surface area contributed by atoms with E-state index in [-0.39, 0.29) is 17.1 Å². The summed E-state index contributed by atoms with van der Waals surface area (Å²) in [6, 6.07) is 1.38. The molecule has 3 heterocycles. The maximum absolute atomic E-state index is 5.41. The van der Waals surface area contributed by atoms with Crippen molar-refractivity contribution in [2.45, 2.75) is 63.1 Å². The van der Waals surface area contributed by atoms with E-state index in [1.54, 1.807) is 0 Å². The van der Waals surface area contributed by atoms with Crippen LogP contribution < -0.4 is 17.2 Å². The summed E-state index contributed by atoms with van der Waals surface area (Å²) in [4.78, 5) is 0. The molecule has 0 bridgehead atoms. The molecule has 0 aromatic heterocycles. The molecule has 7 heteroatoms. The molecule has 0 amide bonds. The Bertz CT molecular complexity index is 286. The molecular formula is C18H37FeN6-. The molecule has 3 unspecified atom stereocenters. The first kappa shape index (κ1) is 25.0. The van der Waals surface area contributed by atoms with E-state index in [2.05, 4.69) is 28.1 Å². The van der Waals surface area contributed by atoms with E-state index < -0.39 is 0 Å². The predicted octanol–water partition coefficient (Wildman–Crippen LogP) is 2.39. The van der Waals surface area contributed by atoms with Crippen molar-refractivity contribution in [3.8, 4) is 0 Å². The largest absolute Gasteiger partial charge is 2.00 e. The van der Waals surface area contributed by atoms with Crippen molar-refractivity contribution < 1.29 is 17.1 Å². The third kappa shape index (κ3) is 12.9. The Morgan fingerprint density at radius 3 is 1.44 bits per heavy atom. The molecule has 148 valence electrons. The minimum Gasteiger partial charge on any atom is -0.658 e. The van der Waals surface area contributed by atoms with Gasteiger partial charge in [-0.2, -0.15) is 0 Å². The van der Waals surface area contributed by atoms with Crippen molar-refractivity contribution in [1.29, 1.82) is 0 Å². The SMILES string of the molecule is NCC1CC=CC[N-]1.NCC1CCCC[N-]1.NCC1CCCC[N-]1.[Fe+2]. The predicted molar refractivity (Wildman–Crippen MR) is 105 cm³/mol. The van der Waals surface area contributed by atoms with Gasteiger partial charge in [0.2, 0.25) is 0 Å². The van der Waals surface area contributed by atoms with Crippen LogP contribution in [0.1, 0.15) is 44.9 Å². The summed E-state index contributed by atoms with van der Waals surface area (Å²) in [5.74, 6) is 0. The molecule has 0 radical (unpaired) electrons. The average molecular weight is 393 g/mol. The monoisotopic (exact) mass is 393 g/mol. The minimum atomic E-state index is 0. The van der Waals surface area contributed by atoms with Crippen LogP contribution in [-0.4, -0.2) is 57.4 Å². The molecule has 0 spiro atoms. The Hall–Kier alpha value is 0.0195. The number of hydrogen-bond donors (Lipinski definition) is 3. The van der Waals surface area contributed by atoms with Crippen LogP contribution in [0.3, 0.4) is 0 Å². The molecule has 2 fully saturated rings. The molecule has 3 aliphatic rings. The number of hydrogen-bond acceptors (Lipinski definition) is 3. The first-order valence-electron chi connectivity index (χ1n) is 9.55. The van der Waals surface area contributed by atoms with Crippen molar-refractivity contribution in [3.05, 3.63) is 28.1 Å². The van der Waals surface area contributed by atoms with Crippen LogP contribution in [0.15, 0.2) is 12.2 Å². The summed E-state index contributed by atoms with van der Waals surface area (Å²) in [6.07, 6.45) is 12.9. The summed E-state index contributed by atoms with van der Waals surface area (Å²) in [5, 5.41) is 12.9.